The molecule has 1 saturated carbocycles. The van der Waals surface area contributed by atoms with Gasteiger partial charge in [-0.3, -0.25) is 14.7 Å². The Labute approximate surface area is 180 Å². The molecule has 1 saturated heterocycles. The number of carbonyl (C=O) groups excluding carboxylic acids is 2. The number of urea groups is 1. The van der Waals surface area contributed by atoms with Crippen LogP contribution in [0, 0.1) is 5.92 Å². The van der Waals surface area contributed by atoms with E-state index in [4.69, 9.17) is 5.73 Å². The zero-order valence-corrected chi connectivity index (χ0v) is 16.8. The lowest BCUT2D eigenvalue weighted by atomic mass is 10.1. The van der Waals surface area contributed by atoms with Crippen LogP contribution in [0.4, 0.5) is 35.0 Å². The van der Waals surface area contributed by atoms with Gasteiger partial charge in [-0.25, -0.2) is 9.69 Å². The van der Waals surface area contributed by atoms with Crippen molar-refractivity contribution >= 4 is 39.9 Å². The predicted molar refractivity (Wildman–Crippen MR) is 111 cm³/mol. The van der Waals surface area contributed by atoms with Gasteiger partial charge in [0.2, 0.25) is 0 Å². The Morgan fingerprint density at radius 2 is 1.81 bits per heavy atom. The Bertz CT molecular complexity index is 1260. The summed E-state index contributed by atoms with van der Waals surface area (Å²) in [5.41, 5.74) is 6.59. The van der Waals surface area contributed by atoms with Crippen LogP contribution in [0.1, 0.15) is 13.3 Å². The number of rotatable bonds is 3. The fraction of sp³-hybridized carbons (Fsp3) is 0.227. The monoisotopic (exact) mass is 442 g/mol. The Balaban J connectivity index is 1.57. The average Bonchev–Trinajstić information content (AvgIpc) is 3.33. The molecule has 2 fully saturated rings. The zero-order chi connectivity index (χ0) is 22.8. The molecule has 2 N–H and O–H groups in total. The second kappa shape index (κ2) is 6.59. The summed E-state index contributed by atoms with van der Waals surface area (Å²) in [6.07, 6.45) is -2.82. The minimum Gasteiger partial charge on any atom is -0.406 e. The molecule has 2 aliphatic rings. The van der Waals surface area contributed by atoms with Gasteiger partial charge in [0.05, 0.1) is 16.9 Å². The lowest BCUT2D eigenvalue weighted by Crippen LogP contribution is -2.39. The number of carbonyl (C=O) groups is 2. The van der Waals surface area contributed by atoms with Crippen LogP contribution in [0.3, 0.4) is 0 Å². The van der Waals surface area contributed by atoms with E-state index in [1.165, 1.54) is 17.0 Å². The summed E-state index contributed by atoms with van der Waals surface area (Å²) in [4.78, 5) is 33.7. The first kappa shape index (κ1) is 20.1. The number of halogens is 3. The van der Waals surface area contributed by atoms with Crippen LogP contribution in [0.5, 0.6) is 5.75 Å². The molecule has 164 valence electrons. The highest BCUT2D eigenvalue weighted by Crippen LogP contribution is 2.56. The molecule has 1 aromatic heterocycles. The number of anilines is 3. The van der Waals surface area contributed by atoms with E-state index in [0.29, 0.717) is 28.7 Å². The van der Waals surface area contributed by atoms with Crippen LogP contribution in [-0.2, 0) is 4.79 Å². The van der Waals surface area contributed by atoms with Crippen LogP contribution in [0.2, 0.25) is 0 Å². The first-order valence-corrected chi connectivity index (χ1v) is 9.80. The Kier molecular flexibility index (Phi) is 4.14. The number of fused-ring (bicyclic) bond motifs is 1. The number of hydrogen-bond donors (Lipinski definition) is 1. The van der Waals surface area contributed by atoms with Crippen molar-refractivity contribution in [3.63, 3.8) is 0 Å². The topological polar surface area (TPSA) is 88.8 Å². The standard InChI is InChI=1S/C22H17F3N4O3/c1-12-11-21(12)19(30)28(14-3-5-15(6-4-14)32-22(23,24)25)20(31)29(21)18-8-9-27-17-10-13(26)2-7-16(17)18/h2-10,12H,11,26H2,1H3. The maximum absolute atomic E-state index is 13.5. The normalized spacial score (nSPS) is 22.8. The number of amides is 3. The number of nitrogens with two attached hydrogens (primary N) is 1. The number of hydrogen-bond acceptors (Lipinski definition) is 5. The van der Waals surface area contributed by atoms with Gasteiger partial charge in [-0.1, -0.05) is 6.92 Å². The number of alkyl halides is 3. The van der Waals surface area contributed by atoms with Crippen LogP contribution < -0.4 is 20.3 Å². The number of imide groups is 1. The summed E-state index contributed by atoms with van der Waals surface area (Å²) in [6.45, 7) is 1.88. The van der Waals surface area contributed by atoms with Gasteiger partial charge in [-0.2, -0.15) is 0 Å². The Morgan fingerprint density at radius 3 is 2.44 bits per heavy atom. The fourth-order valence-corrected chi connectivity index (χ4v) is 4.35. The van der Waals surface area contributed by atoms with Crippen LogP contribution >= 0.6 is 0 Å². The van der Waals surface area contributed by atoms with Crippen LogP contribution in [0.15, 0.2) is 54.7 Å². The third kappa shape index (κ3) is 2.94. The molecule has 10 heteroatoms. The minimum absolute atomic E-state index is 0.0891. The smallest absolute Gasteiger partial charge is 0.406 e. The molecule has 2 aromatic carbocycles. The van der Waals surface area contributed by atoms with Gasteiger partial charge in [0.15, 0.2) is 0 Å². The summed E-state index contributed by atoms with van der Waals surface area (Å²) >= 11 is 0. The van der Waals surface area contributed by atoms with Gasteiger partial charge in [0, 0.05) is 17.3 Å². The average molecular weight is 442 g/mol. The third-order valence-corrected chi connectivity index (χ3v) is 5.94. The van der Waals surface area contributed by atoms with Gasteiger partial charge in [-0.05, 0) is 60.9 Å². The third-order valence-electron chi connectivity index (χ3n) is 5.94. The molecule has 2 unspecified atom stereocenters. The summed E-state index contributed by atoms with van der Waals surface area (Å²) in [5.74, 6) is -0.946. The van der Waals surface area contributed by atoms with Gasteiger partial charge < -0.3 is 10.5 Å². The lowest BCUT2D eigenvalue weighted by molar-refractivity contribution is -0.274. The van der Waals surface area contributed by atoms with E-state index in [0.717, 1.165) is 17.0 Å². The molecule has 7 nitrogen and oxygen atoms in total. The molecular formula is C22H17F3N4O3. The second-order valence-corrected chi connectivity index (χ2v) is 7.94. The number of ether oxygens (including phenoxy) is 1. The van der Waals surface area contributed by atoms with Crippen molar-refractivity contribution in [1.29, 1.82) is 0 Å². The highest BCUT2D eigenvalue weighted by Gasteiger charge is 2.70. The number of nitrogen functional groups attached to an aromatic ring is 1. The van der Waals surface area contributed by atoms with Crippen molar-refractivity contribution in [2.45, 2.75) is 25.2 Å². The second-order valence-electron chi connectivity index (χ2n) is 7.94. The van der Waals surface area contributed by atoms with E-state index < -0.39 is 29.6 Å². The van der Waals surface area contributed by atoms with Gasteiger partial charge >= 0.3 is 12.4 Å². The largest absolute Gasteiger partial charge is 0.573 e. The number of pyridine rings is 1. The number of nitrogens with zero attached hydrogens (tertiary/aromatic N) is 3. The van der Waals surface area contributed by atoms with E-state index in [1.54, 1.807) is 30.5 Å². The molecule has 3 aromatic rings. The van der Waals surface area contributed by atoms with Gasteiger partial charge in [0.1, 0.15) is 11.3 Å². The van der Waals surface area contributed by atoms with Crippen molar-refractivity contribution in [2.24, 2.45) is 5.92 Å². The SMILES string of the molecule is CC1CC12C(=O)N(c1ccc(OC(F)(F)F)cc1)C(=O)N2c1ccnc2cc(N)ccc12. The Morgan fingerprint density at radius 1 is 1.12 bits per heavy atom. The molecule has 5 rings (SSSR count). The van der Waals surface area contributed by atoms with E-state index in [9.17, 15) is 22.8 Å². The maximum Gasteiger partial charge on any atom is 0.573 e. The quantitative estimate of drug-likeness (QED) is 0.478. The summed E-state index contributed by atoms with van der Waals surface area (Å²) < 4.78 is 41.2. The van der Waals surface area contributed by atoms with E-state index in [2.05, 4.69) is 9.72 Å². The van der Waals surface area contributed by atoms with Crippen LogP contribution in [0.25, 0.3) is 10.9 Å². The minimum atomic E-state index is -4.84. The molecule has 3 amide bonds. The van der Waals surface area contributed by atoms with E-state index >= 15 is 0 Å². The van der Waals surface area contributed by atoms with E-state index in [1.807, 2.05) is 6.92 Å². The summed E-state index contributed by atoms with van der Waals surface area (Å²) in [6, 6.07) is 10.9. The van der Waals surface area contributed by atoms with Gasteiger partial charge in [-0.15, -0.1) is 13.2 Å². The molecule has 0 radical (unpaired) electrons. The lowest BCUT2D eigenvalue weighted by Gasteiger charge is -2.23. The summed E-state index contributed by atoms with van der Waals surface area (Å²) in [5, 5.41) is 0.664. The van der Waals surface area contributed by atoms with Crippen molar-refractivity contribution in [3.05, 3.63) is 54.7 Å². The van der Waals surface area contributed by atoms with Crippen molar-refractivity contribution in [3.8, 4) is 5.75 Å². The van der Waals surface area contributed by atoms with Crippen LogP contribution in [-0.4, -0.2) is 28.8 Å². The molecule has 1 spiro atoms. The molecule has 32 heavy (non-hydrogen) atoms. The molecule has 0 bridgehead atoms. The fourth-order valence-electron chi connectivity index (χ4n) is 4.35. The van der Waals surface area contributed by atoms with Crippen molar-refractivity contribution < 1.29 is 27.5 Å². The first-order chi connectivity index (χ1) is 15.1. The highest BCUT2D eigenvalue weighted by atomic mass is 19.4. The molecule has 1 aliphatic heterocycles. The molecular weight excluding hydrogens is 425 g/mol. The molecule has 2 atom stereocenters. The van der Waals surface area contributed by atoms with Gasteiger partial charge in [0.25, 0.3) is 5.91 Å². The number of benzene rings is 2. The highest BCUT2D eigenvalue weighted by molar-refractivity contribution is 6.33. The zero-order valence-electron chi connectivity index (χ0n) is 16.8. The first-order valence-electron chi connectivity index (χ1n) is 9.80. The van der Waals surface area contributed by atoms with Crippen molar-refractivity contribution in [1.82, 2.24) is 4.98 Å². The number of aromatic nitrogens is 1. The van der Waals surface area contributed by atoms with Crippen molar-refractivity contribution in [2.75, 3.05) is 15.5 Å². The molecule has 1 aliphatic carbocycles. The summed E-state index contributed by atoms with van der Waals surface area (Å²) in [7, 11) is 0. The Hall–Kier alpha value is -3.82. The van der Waals surface area contributed by atoms with E-state index in [-0.39, 0.29) is 11.6 Å². The molecule has 2 heterocycles. The predicted octanol–water partition coefficient (Wildman–Crippen LogP) is 4.47. The maximum atomic E-state index is 13.5.